The van der Waals surface area contributed by atoms with E-state index in [9.17, 15) is 14.4 Å². The lowest BCUT2D eigenvalue weighted by Gasteiger charge is -2.38. The monoisotopic (exact) mass is 538 g/mol. The van der Waals surface area contributed by atoms with Gasteiger partial charge < -0.3 is 24.8 Å². The van der Waals surface area contributed by atoms with E-state index in [0.29, 0.717) is 45.6 Å². The van der Waals surface area contributed by atoms with Crippen LogP contribution in [0.15, 0.2) is 36.4 Å². The molecule has 3 amide bonds. The van der Waals surface area contributed by atoms with E-state index in [4.69, 9.17) is 4.74 Å². The number of hydrogen-bond acceptors (Lipinski definition) is 5. The summed E-state index contributed by atoms with van der Waals surface area (Å²) in [5, 5.41) is 3.11. The number of amides is 3. The van der Waals surface area contributed by atoms with Crippen LogP contribution >= 0.6 is 0 Å². The van der Waals surface area contributed by atoms with Gasteiger partial charge in [-0.1, -0.05) is 51.1 Å². The van der Waals surface area contributed by atoms with Crippen LogP contribution in [0.25, 0.3) is 0 Å². The molecule has 0 spiro atoms. The highest BCUT2D eigenvalue weighted by atomic mass is 16.5. The molecule has 3 aliphatic heterocycles. The lowest BCUT2D eigenvalue weighted by Crippen LogP contribution is -2.49. The Labute approximate surface area is 233 Å². The number of nitrogens with one attached hydrogen (secondary N) is 1. The van der Waals surface area contributed by atoms with Gasteiger partial charge >= 0.3 is 0 Å². The number of fused-ring (bicyclic) bond motifs is 3. The molecule has 4 rings (SSSR count). The lowest BCUT2D eigenvalue weighted by molar-refractivity contribution is -0.143. The van der Waals surface area contributed by atoms with Gasteiger partial charge in [0.2, 0.25) is 17.7 Å². The first-order valence-electron chi connectivity index (χ1n) is 14.6. The first-order chi connectivity index (χ1) is 18.7. The molecule has 1 N–H and O–H groups in total. The predicted octanol–water partition coefficient (Wildman–Crippen LogP) is 3.47. The summed E-state index contributed by atoms with van der Waals surface area (Å²) in [6.07, 6.45) is 8.20. The Morgan fingerprint density at radius 3 is 2.62 bits per heavy atom. The summed E-state index contributed by atoms with van der Waals surface area (Å²) in [6.45, 7) is 11.9. The summed E-state index contributed by atoms with van der Waals surface area (Å²) in [4.78, 5) is 45.6. The van der Waals surface area contributed by atoms with Crippen LogP contribution in [0.4, 0.5) is 0 Å². The number of hydrogen-bond donors (Lipinski definition) is 1. The van der Waals surface area contributed by atoms with Crippen molar-refractivity contribution in [3.63, 3.8) is 0 Å². The molecule has 214 valence electrons. The lowest BCUT2D eigenvalue weighted by atomic mass is 9.82. The fourth-order valence-electron chi connectivity index (χ4n) is 5.81. The van der Waals surface area contributed by atoms with Gasteiger partial charge in [0.05, 0.1) is 0 Å². The zero-order chi connectivity index (χ0) is 27.8. The normalized spacial score (nSPS) is 22.8. The molecule has 0 radical (unpaired) electrons. The molecule has 1 aromatic rings. The Bertz CT molecular complexity index is 1030. The number of piperidine rings is 1. The molecule has 0 aliphatic carbocycles. The van der Waals surface area contributed by atoms with Gasteiger partial charge in [-0.2, -0.15) is 0 Å². The molecule has 0 unspecified atom stereocenters. The highest BCUT2D eigenvalue weighted by Gasteiger charge is 2.33. The third-order valence-corrected chi connectivity index (χ3v) is 7.97. The third kappa shape index (κ3) is 8.82. The van der Waals surface area contributed by atoms with Gasteiger partial charge in [-0.15, -0.1) is 0 Å². The average molecular weight is 539 g/mol. The molecule has 1 aromatic carbocycles. The second kappa shape index (κ2) is 13.5. The third-order valence-electron chi connectivity index (χ3n) is 7.97. The Morgan fingerprint density at radius 1 is 1.08 bits per heavy atom. The standard InChI is InChI=1S/C31H46N4O4/c1-31(2,3)20-29(37)35-22-26-9-4-5-11-27(26)39-18-8-10-25-21-34(30(38)23-35)16-12-24(25)19-28(36)32-13-17-33-14-6-7-15-33/h4-5,8-11,24-25H,6-7,12-23H2,1-3H3,(H,32,36)/t24-,25-/m0/s1. The second-order valence-electron chi connectivity index (χ2n) is 12.5. The van der Waals surface area contributed by atoms with Gasteiger partial charge in [-0.3, -0.25) is 14.4 Å². The average Bonchev–Trinajstić information content (AvgIpc) is 3.40. The molecule has 8 heteroatoms. The minimum Gasteiger partial charge on any atom is -0.489 e. The van der Waals surface area contributed by atoms with Crippen molar-refractivity contribution in [1.82, 2.24) is 20.0 Å². The van der Waals surface area contributed by atoms with Gasteiger partial charge in [-0.25, -0.2) is 0 Å². The van der Waals surface area contributed by atoms with Crippen molar-refractivity contribution in [1.29, 1.82) is 0 Å². The van der Waals surface area contributed by atoms with E-state index in [1.807, 2.05) is 56.0 Å². The molecular formula is C31H46N4O4. The van der Waals surface area contributed by atoms with Gasteiger partial charge in [0.15, 0.2) is 0 Å². The number of nitrogens with zero attached hydrogens (tertiary/aromatic N) is 3. The summed E-state index contributed by atoms with van der Waals surface area (Å²) in [5.74, 6) is 0.954. The Hall–Kier alpha value is -2.87. The van der Waals surface area contributed by atoms with Crippen LogP contribution in [0.1, 0.15) is 58.4 Å². The van der Waals surface area contributed by atoms with Gasteiger partial charge in [0.1, 0.15) is 18.9 Å². The highest BCUT2D eigenvalue weighted by molar-refractivity contribution is 5.85. The second-order valence-corrected chi connectivity index (χ2v) is 12.5. The number of benzene rings is 1. The zero-order valence-corrected chi connectivity index (χ0v) is 24.0. The molecule has 2 atom stereocenters. The molecule has 2 bridgehead atoms. The summed E-state index contributed by atoms with van der Waals surface area (Å²) < 4.78 is 6.11. The number of likely N-dealkylation sites (tertiary alicyclic amines) is 1. The molecular weight excluding hydrogens is 492 g/mol. The number of rotatable bonds is 6. The van der Waals surface area contributed by atoms with Crippen molar-refractivity contribution < 1.29 is 19.1 Å². The number of para-hydroxylation sites is 1. The number of carbonyl (C=O) groups excluding carboxylic acids is 3. The minimum atomic E-state index is -0.181. The van der Waals surface area contributed by atoms with E-state index in [0.717, 1.165) is 37.4 Å². The summed E-state index contributed by atoms with van der Waals surface area (Å²) in [7, 11) is 0. The fraction of sp³-hybridized carbons (Fsp3) is 0.645. The van der Waals surface area contributed by atoms with Crippen molar-refractivity contribution in [2.45, 2.75) is 59.4 Å². The Balaban J connectivity index is 1.45. The molecule has 8 nitrogen and oxygen atoms in total. The fourth-order valence-corrected chi connectivity index (χ4v) is 5.81. The Kier molecular flexibility index (Phi) is 10.1. The van der Waals surface area contributed by atoms with Crippen LogP contribution in [0, 0.1) is 17.3 Å². The van der Waals surface area contributed by atoms with Crippen LogP contribution in [0.2, 0.25) is 0 Å². The highest BCUT2D eigenvalue weighted by Crippen LogP contribution is 2.29. The minimum absolute atomic E-state index is 0.0318. The van der Waals surface area contributed by atoms with Crippen molar-refractivity contribution in [2.75, 3.05) is 52.4 Å². The Morgan fingerprint density at radius 2 is 1.85 bits per heavy atom. The molecule has 3 heterocycles. The van der Waals surface area contributed by atoms with Crippen LogP contribution in [-0.4, -0.2) is 84.8 Å². The maximum absolute atomic E-state index is 13.5. The maximum atomic E-state index is 13.5. The zero-order valence-electron chi connectivity index (χ0n) is 24.0. The molecule has 2 saturated heterocycles. The van der Waals surface area contributed by atoms with Crippen LogP contribution < -0.4 is 10.1 Å². The molecule has 0 aromatic heterocycles. The van der Waals surface area contributed by atoms with E-state index < -0.39 is 0 Å². The van der Waals surface area contributed by atoms with Crippen LogP contribution in [0.3, 0.4) is 0 Å². The van der Waals surface area contributed by atoms with Crippen LogP contribution in [-0.2, 0) is 20.9 Å². The van der Waals surface area contributed by atoms with Crippen molar-refractivity contribution in [3.05, 3.63) is 42.0 Å². The van der Waals surface area contributed by atoms with E-state index in [2.05, 4.69) is 16.3 Å². The quantitative estimate of drug-likeness (QED) is 0.561. The SMILES string of the molecule is CC(C)(C)CC(=O)N1CC(=O)N2CC[C@@H](CC(=O)NCCN3CCCC3)[C@@H](C=CCOc3ccccc3C1)C2. The topological polar surface area (TPSA) is 82.2 Å². The maximum Gasteiger partial charge on any atom is 0.242 e. The summed E-state index contributed by atoms with van der Waals surface area (Å²) in [6, 6.07) is 7.72. The predicted molar refractivity (Wildman–Crippen MR) is 152 cm³/mol. The van der Waals surface area contributed by atoms with Crippen molar-refractivity contribution in [3.8, 4) is 5.75 Å². The number of carbonyl (C=O) groups is 3. The summed E-state index contributed by atoms with van der Waals surface area (Å²) >= 11 is 0. The largest absolute Gasteiger partial charge is 0.489 e. The smallest absolute Gasteiger partial charge is 0.242 e. The molecule has 39 heavy (non-hydrogen) atoms. The molecule has 2 fully saturated rings. The van der Waals surface area contributed by atoms with E-state index >= 15 is 0 Å². The molecule has 0 saturated carbocycles. The van der Waals surface area contributed by atoms with Crippen LogP contribution in [0.5, 0.6) is 5.75 Å². The van der Waals surface area contributed by atoms with E-state index in [1.54, 1.807) is 4.90 Å². The first kappa shape index (κ1) is 29.1. The molecule has 3 aliphatic rings. The van der Waals surface area contributed by atoms with E-state index in [1.165, 1.54) is 12.8 Å². The van der Waals surface area contributed by atoms with Crippen molar-refractivity contribution >= 4 is 17.7 Å². The summed E-state index contributed by atoms with van der Waals surface area (Å²) in [5.41, 5.74) is 0.710. The van der Waals surface area contributed by atoms with Gasteiger partial charge in [0, 0.05) is 51.1 Å². The number of ether oxygens (including phenoxy) is 1. The van der Waals surface area contributed by atoms with Crippen molar-refractivity contribution in [2.24, 2.45) is 17.3 Å². The first-order valence-corrected chi connectivity index (χ1v) is 14.6. The van der Waals surface area contributed by atoms with Gasteiger partial charge in [0.25, 0.3) is 0 Å². The van der Waals surface area contributed by atoms with E-state index in [-0.39, 0.29) is 41.5 Å². The van der Waals surface area contributed by atoms with Gasteiger partial charge in [-0.05, 0) is 55.7 Å².